The third-order valence-electron chi connectivity index (χ3n) is 9.75. The van der Waals surface area contributed by atoms with E-state index in [2.05, 4.69) is 30.7 Å². The van der Waals surface area contributed by atoms with Gasteiger partial charge in [0.25, 0.3) is 0 Å². The Kier molecular flexibility index (Phi) is 9.78. The van der Waals surface area contributed by atoms with Gasteiger partial charge in [-0.05, 0) is 97.8 Å². The Morgan fingerprint density at radius 1 is 0.810 bits per heavy atom. The first-order valence-corrected chi connectivity index (χ1v) is 14.8. The highest BCUT2D eigenvalue weighted by atomic mass is 19.4. The van der Waals surface area contributed by atoms with Crippen LogP contribution in [0, 0.1) is 17.3 Å². The molecule has 42 heavy (non-hydrogen) atoms. The van der Waals surface area contributed by atoms with Crippen molar-refractivity contribution >= 4 is 0 Å². The van der Waals surface area contributed by atoms with Crippen LogP contribution in [0.4, 0.5) is 39.5 Å². The van der Waals surface area contributed by atoms with Gasteiger partial charge in [-0.25, -0.2) is 0 Å². The molecule has 0 spiro atoms. The lowest BCUT2D eigenvalue weighted by atomic mass is 9.55. The van der Waals surface area contributed by atoms with Crippen molar-refractivity contribution in [2.75, 3.05) is 19.8 Å². The van der Waals surface area contributed by atoms with Gasteiger partial charge in [0.1, 0.15) is 5.75 Å². The number of benzene rings is 1. The van der Waals surface area contributed by atoms with Crippen molar-refractivity contribution in [1.29, 1.82) is 0 Å². The zero-order chi connectivity index (χ0) is 31.0. The van der Waals surface area contributed by atoms with Crippen molar-refractivity contribution in [3.8, 4) is 5.75 Å². The van der Waals surface area contributed by atoms with Gasteiger partial charge < -0.3 is 14.2 Å². The van der Waals surface area contributed by atoms with Gasteiger partial charge in [-0.15, -0.1) is 0 Å². The summed E-state index contributed by atoms with van der Waals surface area (Å²) in [5.74, 6) is 2.05. The number of hydrogen-bond donors (Lipinski definition) is 0. The molecule has 12 heteroatoms. The molecule has 0 radical (unpaired) electrons. The lowest BCUT2D eigenvalue weighted by molar-refractivity contribution is -0.457. The maximum atomic E-state index is 13.1. The zero-order valence-corrected chi connectivity index (χ0v) is 23.9. The average Bonchev–Trinajstić information content (AvgIpc) is 3.22. The second-order valence-electron chi connectivity index (χ2n) is 12.2. The first-order valence-electron chi connectivity index (χ1n) is 14.8. The van der Waals surface area contributed by atoms with Gasteiger partial charge in [-0.1, -0.05) is 32.8 Å². The van der Waals surface area contributed by atoms with E-state index in [0.717, 1.165) is 57.1 Å². The molecule has 1 aromatic carbocycles. The summed E-state index contributed by atoms with van der Waals surface area (Å²) < 4.78 is 133. The van der Waals surface area contributed by atoms with E-state index in [4.69, 9.17) is 9.47 Å². The van der Waals surface area contributed by atoms with E-state index in [0.29, 0.717) is 30.8 Å². The maximum absolute atomic E-state index is 13.1. The highest BCUT2D eigenvalue weighted by Gasteiger charge is 2.85. The van der Waals surface area contributed by atoms with Crippen LogP contribution in [0.1, 0.15) is 88.7 Å². The topological polar surface area (TPSA) is 27.7 Å². The Morgan fingerprint density at radius 2 is 1.50 bits per heavy atom. The number of alkyl halides is 9. The fraction of sp³-hybridized carbons (Fsp3) is 0.800. The Labute approximate surface area is 240 Å². The molecule has 240 valence electrons. The predicted octanol–water partition coefficient (Wildman–Crippen LogP) is 9.33. The van der Waals surface area contributed by atoms with Crippen molar-refractivity contribution in [2.45, 2.75) is 114 Å². The van der Waals surface area contributed by atoms with Crippen molar-refractivity contribution in [3.05, 3.63) is 29.3 Å². The molecule has 0 saturated heterocycles. The summed E-state index contributed by atoms with van der Waals surface area (Å²) in [4.78, 5) is 0. The van der Waals surface area contributed by atoms with E-state index in [1.807, 2.05) is 6.07 Å². The van der Waals surface area contributed by atoms with E-state index < -0.39 is 37.2 Å². The first-order chi connectivity index (χ1) is 19.6. The van der Waals surface area contributed by atoms with Gasteiger partial charge >= 0.3 is 24.1 Å². The summed E-state index contributed by atoms with van der Waals surface area (Å²) in [5.41, 5.74) is -3.81. The minimum atomic E-state index is -6.73. The summed E-state index contributed by atoms with van der Waals surface area (Å²) in [6.45, 7) is 3.26. The molecular weight excluding hydrogens is 579 g/mol. The van der Waals surface area contributed by atoms with Crippen LogP contribution in [0.5, 0.6) is 5.75 Å². The smallest absolute Gasteiger partial charge is 0.435 e. The molecule has 5 atom stereocenters. The molecule has 1 aromatic rings. The van der Waals surface area contributed by atoms with Crippen LogP contribution < -0.4 is 4.74 Å². The quantitative estimate of drug-likeness (QED) is 0.183. The number of ether oxygens (including phenoxy) is 3. The molecule has 0 heterocycles. The second-order valence-corrected chi connectivity index (χ2v) is 12.2. The normalized spacial score (nSPS) is 28.3. The highest BCUT2D eigenvalue weighted by molar-refractivity contribution is 5.40. The molecule has 3 aliphatic carbocycles. The van der Waals surface area contributed by atoms with Crippen LogP contribution >= 0.6 is 0 Å². The molecule has 2 saturated carbocycles. The highest BCUT2D eigenvalue weighted by Crippen LogP contribution is 2.62. The number of rotatable bonds is 11. The Hall–Kier alpha value is -1.69. The Morgan fingerprint density at radius 3 is 2.14 bits per heavy atom. The predicted molar refractivity (Wildman–Crippen MR) is 137 cm³/mol. The van der Waals surface area contributed by atoms with E-state index >= 15 is 0 Å². The standard InChI is InChI=1S/C30H39F9O3/c1-3-4-5-15-40-20-8-10-21-19(18-20)7-9-23-22(21)13-14-26(2)24(23)11-12-25(26)41-16-6-17-42-27(28(31,32)33,29(34,35)36)30(37,38)39/h8,10,18,22-25H,3-7,9,11-17H2,1-2H3. The van der Waals surface area contributed by atoms with Crippen molar-refractivity contribution in [2.24, 2.45) is 17.3 Å². The van der Waals surface area contributed by atoms with Crippen molar-refractivity contribution in [3.63, 3.8) is 0 Å². The number of halogens is 9. The summed E-state index contributed by atoms with van der Waals surface area (Å²) in [6, 6.07) is 6.36. The van der Waals surface area contributed by atoms with Crippen molar-refractivity contribution in [1.82, 2.24) is 0 Å². The fourth-order valence-corrected chi connectivity index (χ4v) is 7.65. The van der Waals surface area contributed by atoms with Gasteiger partial charge in [-0.3, -0.25) is 0 Å². The zero-order valence-electron chi connectivity index (χ0n) is 23.9. The average molecular weight is 619 g/mol. The van der Waals surface area contributed by atoms with Gasteiger partial charge in [0.2, 0.25) is 0 Å². The van der Waals surface area contributed by atoms with Crippen LogP contribution in [0.3, 0.4) is 0 Å². The molecule has 0 aliphatic heterocycles. The lowest BCUT2D eigenvalue weighted by Gasteiger charge is -2.50. The van der Waals surface area contributed by atoms with Crippen molar-refractivity contribution < 1.29 is 53.7 Å². The summed E-state index contributed by atoms with van der Waals surface area (Å²) >= 11 is 0. The molecule has 0 N–H and O–H groups in total. The Bertz CT molecular complexity index is 1020. The van der Waals surface area contributed by atoms with E-state index in [1.165, 1.54) is 11.1 Å². The molecule has 4 rings (SSSR count). The third kappa shape index (κ3) is 6.13. The van der Waals surface area contributed by atoms with Crippen LogP contribution in [0.15, 0.2) is 18.2 Å². The Balaban J connectivity index is 1.34. The summed E-state index contributed by atoms with van der Waals surface area (Å²) in [6.07, 6.45) is -12.5. The molecular formula is C30H39F9O3. The molecule has 5 unspecified atom stereocenters. The minimum Gasteiger partial charge on any atom is -0.494 e. The SMILES string of the molecule is CCCCCOc1ccc2c(c1)CCC1C2CCC2(C)C(OCCCOC(C(F)(F)F)(C(F)(F)F)C(F)(F)F)CCC12. The van der Waals surface area contributed by atoms with Gasteiger partial charge in [0.05, 0.1) is 19.3 Å². The molecule has 0 amide bonds. The third-order valence-corrected chi connectivity index (χ3v) is 9.75. The van der Waals surface area contributed by atoms with E-state index in [-0.39, 0.29) is 18.1 Å². The number of aryl methyl sites for hydroxylation is 1. The minimum absolute atomic E-state index is 0.227. The van der Waals surface area contributed by atoms with Gasteiger partial charge in [0, 0.05) is 6.61 Å². The molecule has 3 aliphatic rings. The van der Waals surface area contributed by atoms with E-state index in [1.54, 1.807) is 0 Å². The number of unbranched alkanes of at least 4 members (excludes halogenated alkanes) is 2. The van der Waals surface area contributed by atoms with E-state index in [9.17, 15) is 39.5 Å². The monoisotopic (exact) mass is 618 g/mol. The fourth-order valence-electron chi connectivity index (χ4n) is 7.65. The molecule has 3 nitrogen and oxygen atoms in total. The summed E-state index contributed by atoms with van der Waals surface area (Å²) in [5, 5.41) is 0. The number of hydrogen-bond acceptors (Lipinski definition) is 3. The maximum Gasteiger partial charge on any atom is 0.435 e. The largest absolute Gasteiger partial charge is 0.494 e. The van der Waals surface area contributed by atoms with Crippen LogP contribution in [-0.2, 0) is 15.9 Å². The number of fused-ring (bicyclic) bond motifs is 5. The molecule has 0 bridgehead atoms. The van der Waals surface area contributed by atoms with Crippen LogP contribution in [0.2, 0.25) is 0 Å². The lowest BCUT2D eigenvalue weighted by Crippen LogP contribution is -2.67. The molecule has 2 fully saturated rings. The molecule has 0 aromatic heterocycles. The first kappa shape index (κ1) is 33.2. The second kappa shape index (κ2) is 12.4. The van der Waals surface area contributed by atoms with Gasteiger partial charge in [0.15, 0.2) is 0 Å². The van der Waals surface area contributed by atoms with Crippen LogP contribution in [-0.4, -0.2) is 50.1 Å². The summed E-state index contributed by atoms with van der Waals surface area (Å²) in [7, 11) is 0. The van der Waals surface area contributed by atoms with Gasteiger partial charge in [-0.2, -0.15) is 39.5 Å². The van der Waals surface area contributed by atoms with Crippen LogP contribution in [0.25, 0.3) is 0 Å².